The molecule has 0 saturated carbocycles. The van der Waals surface area contributed by atoms with Crippen molar-refractivity contribution in [1.82, 2.24) is 21.3 Å². The van der Waals surface area contributed by atoms with E-state index >= 15 is 0 Å². The highest BCUT2D eigenvalue weighted by atomic mass is 33.1. The van der Waals surface area contributed by atoms with Crippen LogP contribution in [0.4, 0.5) is 9.59 Å². The molecule has 352 valence electrons. The number of aryl methyl sites for hydroxylation is 4. The second-order valence-corrected chi connectivity index (χ2v) is 20.9. The van der Waals surface area contributed by atoms with Crippen LogP contribution in [-0.2, 0) is 19.1 Å². The number of amides is 4. The molecule has 6 aromatic rings. The van der Waals surface area contributed by atoms with Crippen molar-refractivity contribution in [2.24, 2.45) is 0 Å². The van der Waals surface area contributed by atoms with Crippen molar-refractivity contribution in [1.29, 1.82) is 0 Å². The van der Waals surface area contributed by atoms with Gasteiger partial charge in [-0.1, -0.05) is 189 Å². The SMILES string of the molecule is Cc1ccc(C(NC(=O)C(CSSCC(NC(=O)OC(C)(C)C)C(=O)NC(c2ccc(C)cc2)c2ccc(C)cc2)NC(=O)OCC2c3ccccc3-c3ccccc32)c2ccc(C)cc2)cc1. The van der Waals surface area contributed by atoms with Crippen LogP contribution >= 0.6 is 21.6 Å². The van der Waals surface area contributed by atoms with Crippen LogP contribution < -0.4 is 21.3 Å². The van der Waals surface area contributed by atoms with Gasteiger partial charge in [-0.25, -0.2) is 9.59 Å². The van der Waals surface area contributed by atoms with Gasteiger partial charge >= 0.3 is 12.2 Å². The van der Waals surface area contributed by atoms with Crippen LogP contribution in [0.25, 0.3) is 11.1 Å². The summed E-state index contributed by atoms with van der Waals surface area (Å²) in [6.45, 7) is 13.4. The number of alkyl carbamates (subject to hydrolysis) is 2. The highest BCUT2D eigenvalue weighted by Gasteiger charge is 2.32. The molecular weight excluding hydrogens is 889 g/mol. The predicted molar refractivity (Wildman–Crippen MR) is 275 cm³/mol. The Morgan fingerprint density at radius 1 is 0.485 bits per heavy atom. The second-order valence-electron chi connectivity index (χ2n) is 18.3. The first kappa shape index (κ1) is 49.4. The summed E-state index contributed by atoms with van der Waals surface area (Å²) in [6, 6.07) is 45.0. The molecule has 4 amide bonds. The van der Waals surface area contributed by atoms with Crippen LogP contribution in [0.1, 0.15) is 94.4 Å². The predicted octanol–water partition coefficient (Wildman–Crippen LogP) is 11.2. The molecule has 6 aromatic carbocycles. The molecule has 68 heavy (non-hydrogen) atoms. The lowest BCUT2D eigenvalue weighted by molar-refractivity contribution is -0.123. The number of nitrogens with one attached hydrogen (secondary N) is 4. The molecule has 7 rings (SSSR count). The summed E-state index contributed by atoms with van der Waals surface area (Å²) in [5.41, 5.74) is 11.4. The van der Waals surface area contributed by atoms with Gasteiger partial charge in [0.1, 0.15) is 24.3 Å². The van der Waals surface area contributed by atoms with E-state index in [9.17, 15) is 19.2 Å². The van der Waals surface area contributed by atoms with E-state index < -0.39 is 53.8 Å². The third kappa shape index (κ3) is 13.1. The minimum atomic E-state index is -1.06. The first-order valence-corrected chi connectivity index (χ1v) is 25.3. The van der Waals surface area contributed by atoms with Crippen LogP contribution in [0.3, 0.4) is 0 Å². The molecule has 0 fully saturated rings. The summed E-state index contributed by atoms with van der Waals surface area (Å²) in [6.07, 6.45) is -1.47. The summed E-state index contributed by atoms with van der Waals surface area (Å²) in [5.74, 6) is -0.794. The number of carbonyl (C=O) groups excluding carboxylic acids is 4. The average molecular weight is 949 g/mol. The molecule has 0 aromatic heterocycles. The van der Waals surface area contributed by atoms with Crippen molar-refractivity contribution >= 4 is 45.6 Å². The lowest BCUT2D eigenvalue weighted by Crippen LogP contribution is -2.50. The van der Waals surface area contributed by atoms with Crippen LogP contribution in [0.2, 0.25) is 0 Å². The molecular formula is C56H60N4O6S2. The Hall–Kier alpha value is -6.50. The zero-order valence-corrected chi connectivity index (χ0v) is 41.3. The van der Waals surface area contributed by atoms with E-state index in [-0.39, 0.29) is 24.0 Å². The zero-order chi connectivity index (χ0) is 48.4. The molecule has 0 bridgehead atoms. The van der Waals surface area contributed by atoms with Gasteiger partial charge in [0.25, 0.3) is 0 Å². The van der Waals surface area contributed by atoms with Gasteiger partial charge < -0.3 is 30.7 Å². The summed E-state index contributed by atoms with van der Waals surface area (Å²) in [5, 5.41) is 12.1. The Morgan fingerprint density at radius 2 is 0.824 bits per heavy atom. The van der Waals surface area contributed by atoms with Gasteiger partial charge in [0, 0.05) is 17.4 Å². The molecule has 1 aliphatic carbocycles. The fraction of sp³-hybridized carbons (Fsp3) is 0.286. The fourth-order valence-electron chi connectivity index (χ4n) is 8.07. The molecule has 0 aliphatic heterocycles. The quantitative estimate of drug-likeness (QED) is 0.0524. The molecule has 10 nitrogen and oxygen atoms in total. The van der Waals surface area contributed by atoms with Gasteiger partial charge in [-0.15, -0.1) is 0 Å². The minimum Gasteiger partial charge on any atom is -0.449 e. The average Bonchev–Trinajstić information content (AvgIpc) is 3.63. The second kappa shape index (κ2) is 22.5. The third-order valence-electron chi connectivity index (χ3n) is 11.7. The molecule has 1 aliphatic rings. The fourth-order valence-corrected chi connectivity index (χ4v) is 10.4. The Kier molecular flexibility index (Phi) is 16.4. The number of rotatable bonds is 17. The van der Waals surface area contributed by atoms with Crippen molar-refractivity contribution in [2.75, 3.05) is 18.1 Å². The lowest BCUT2D eigenvalue weighted by atomic mass is 9.96. The Labute approximate surface area is 408 Å². The summed E-state index contributed by atoms with van der Waals surface area (Å²) in [7, 11) is 2.59. The van der Waals surface area contributed by atoms with E-state index in [0.717, 1.165) is 66.8 Å². The standard InChI is InChI=1S/C56H60N4O6S2/c1-35-16-24-39(25-17-35)50(40-26-18-36(2)19-27-40)59-52(61)48(57-54(63)65-32-47-45-14-10-8-12-43(45)44-13-9-11-15-46(44)47)33-67-68-34-49(58-55(64)66-56(5,6)7)53(62)60-51(41-28-20-37(3)21-29-41)42-30-22-38(4)23-31-42/h8-31,47-51H,32-34H2,1-7H3,(H,57,63)(H,58,64)(H,59,61)(H,60,62). The third-order valence-corrected chi connectivity index (χ3v) is 14.2. The van der Waals surface area contributed by atoms with Crippen molar-refractivity contribution < 1.29 is 28.7 Å². The van der Waals surface area contributed by atoms with Gasteiger partial charge in [0.2, 0.25) is 11.8 Å². The molecule has 2 unspecified atom stereocenters. The maximum atomic E-state index is 14.6. The first-order chi connectivity index (χ1) is 32.6. The Bertz CT molecular complexity index is 2550. The van der Waals surface area contributed by atoms with E-state index in [1.165, 1.54) is 21.6 Å². The number of carbonyl (C=O) groups is 4. The molecule has 0 spiro atoms. The molecule has 12 heteroatoms. The molecule has 2 atom stereocenters. The smallest absolute Gasteiger partial charge is 0.408 e. The summed E-state index contributed by atoms with van der Waals surface area (Å²) < 4.78 is 11.5. The maximum Gasteiger partial charge on any atom is 0.408 e. The van der Waals surface area contributed by atoms with Crippen molar-refractivity contribution in [3.05, 3.63) is 201 Å². The first-order valence-electron chi connectivity index (χ1n) is 22.8. The van der Waals surface area contributed by atoms with Gasteiger partial charge in [0.05, 0.1) is 12.1 Å². The number of hydrogen-bond acceptors (Lipinski definition) is 8. The van der Waals surface area contributed by atoms with E-state index in [1.54, 1.807) is 20.8 Å². The summed E-state index contributed by atoms with van der Waals surface area (Å²) >= 11 is 0. The van der Waals surface area contributed by atoms with E-state index in [0.29, 0.717) is 0 Å². The number of ether oxygens (including phenoxy) is 2. The lowest BCUT2D eigenvalue weighted by Gasteiger charge is -2.26. The van der Waals surface area contributed by atoms with E-state index in [4.69, 9.17) is 9.47 Å². The van der Waals surface area contributed by atoms with Gasteiger partial charge in [-0.3, -0.25) is 9.59 Å². The molecule has 4 N–H and O–H groups in total. The number of benzene rings is 6. The Balaban J connectivity index is 1.10. The van der Waals surface area contributed by atoms with Crippen LogP contribution in [0.5, 0.6) is 0 Å². The zero-order valence-electron chi connectivity index (χ0n) is 39.6. The molecule has 0 radical (unpaired) electrons. The normalized spacial score (nSPS) is 13.0. The highest BCUT2D eigenvalue weighted by molar-refractivity contribution is 8.76. The van der Waals surface area contributed by atoms with Crippen molar-refractivity contribution in [3.63, 3.8) is 0 Å². The summed E-state index contributed by atoms with van der Waals surface area (Å²) in [4.78, 5) is 56.0. The minimum absolute atomic E-state index is 0.0742. The topological polar surface area (TPSA) is 135 Å². The van der Waals surface area contributed by atoms with Crippen LogP contribution in [0, 0.1) is 27.7 Å². The molecule has 0 heterocycles. The van der Waals surface area contributed by atoms with Gasteiger partial charge in [-0.2, -0.15) is 0 Å². The number of fused-ring (bicyclic) bond motifs is 3. The van der Waals surface area contributed by atoms with Crippen LogP contribution in [-0.4, -0.2) is 59.8 Å². The monoisotopic (exact) mass is 948 g/mol. The van der Waals surface area contributed by atoms with Gasteiger partial charge in [0.15, 0.2) is 0 Å². The van der Waals surface area contributed by atoms with Crippen LogP contribution in [0.15, 0.2) is 146 Å². The van der Waals surface area contributed by atoms with Crippen molar-refractivity contribution in [2.45, 2.75) is 84.2 Å². The van der Waals surface area contributed by atoms with Crippen molar-refractivity contribution in [3.8, 4) is 11.1 Å². The van der Waals surface area contributed by atoms with Gasteiger partial charge in [-0.05, 0) is 93.0 Å². The number of hydrogen-bond donors (Lipinski definition) is 4. The van der Waals surface area contributed by atoms with E-state index in [1.807, 2.05) is 149 Å². The Morgan fingerprint density at radius 3 is 1.18 bits per heavy atom. The van der Waals surface area contributed by atoms with E-state index in [2.05, 4.69) is 45.5 Å². The molecule has 0 saturated heterocycles. The highest BCUT2D eigenvalue weighted by Crippen LogP contribution is 2.44. The largest absolute Gasteiger partial charge is 0.449 e. The maximum absolute atomic E-state index is 14.6.